The largest absolute Gasteiger partial charge is 0.452 e. The number of carbonyl (C=O) groups excluding carboxylic acids is 3. The summed E-state index contributed by atoms with van der Waals surface area (Å²) in [6.07, 6.45) is 0.267. The molecule has 2 aliphatic rings. The van der Waals surface area contributed by atoms with E-state index in [1.165, 1.54) is 0 Å². The molecule has 0 aliphatic carbocycles. The standard InChI is InChI=1S/C8H13NO3.C6H10O2/c1-5(2)9-8(11)6-3-4-7(10)12-6;1-4(2)6(7)5-3-8-5/h5-6H,3-4H2,1-2H3,(H,9,11);4-5H,3H2,1-2H3. The van der Waals surface area contributed by atoms with E-state index in [2.05, 4.69) is 5.32 Å². The number of ether oxygens (including phenoxy) is 2. The Kier molecular flexibility index (Phi) is 6.13. The first-order chi connectivity index (χ1) is 9.31. The predicted molar refractivity (Wildman–Crippen MR) is 72.0 cm³/mol. The molecule has 2 rings (SSSR count). The van der Waals surface area contributed by atoms with Crippen LogP contribution in [0, 0.1) is 5.92 Å². The highest BCUT2D eigenvalue weighted by molar-refractivity contribution is 5.87. The molecule has 0 saturated carbocycles. The van der Waals surface area contributed by atoms with Gasteiger partial charge in [0.15, 0.2) is 11.9 Å². The first-order valence-corrected chi connectivity index (χ1v) is 6.96. The third-order valence-electron chi connectivity index (χ3n) is 2.83. The van der Waals surface area contributed by atoms with Gasteiger partial charge >= 0.3 is 5.97 Å². The molecule has 6 heteroatoms. The van der Waals surface area contributed by atoms with Crippen LogP contribution in [0.5, 0.6) is 0 Å². The zero-order valence-electron chi connectivity index (χ0n) is 12.5. The Balaban J connectivity index is 0.000000217. The number of amides is 1. The quantitative estimate of drug-likeness (QED) is 0.611. The first-order valence-electron chi connectivity index (χ1n) is 6.96. The van der Waals surface area contributed by atoms with Crippen molar-refractivity contribution in [1.82, 2.24) is 5.32 Å². The van der Waals surface area contributed by atoms with Crippen LogP contribution in [0.1, 0.15) is 40.5 Å². The van der Waals surface area contributed by atoms with Gasteiger partial charge in [0.25, 0.3) is 5.91 Å². The van der Waals surface area contributed by atoms with Crippen molar-refractivity contribution in [3.05, 3.63) is 0 Å². The maximum Gasteiger partial charge on any atom is 0.306 e. The second kappa shape index (κ2) is 7.38. The Morgan fingerprint density at radius 1 is 1.20 bits per heavy atom. The molecular weight excluding hydrogens is 262 g/mol. The molecule has 114 valence electrons. The van der Waals surface area contributed by atoms with Gasteiger partial charge in [0.05, 0.1) is 6.61 Å². The van der Waals surface area contributed by atoms with E-state index in [-0.39, 0.29) is 35.7 Å². The van der Waals surface area contributed by atoms with Crippen LogP contribution >= 0.6 is 0 Å². The second-order valence-corrected chi connectivity index (χ2v) is 5.56. The molecule has 2 heterocycles. The molecule has 6 nitrogen and oxygen atoms in total. The first kappa shape index (κ1) is 16.6. The zero-order chi connectivity index (χ0) is 15.3. The van der Waals surface area contributed by atoms with Crippen LogP contribution < -0.4 is 5.32 Å². The lowest BCUT2D eigenvalue weighted by molar-refractivity contribution is -0.148. The number of esters is 1. The summed E-state index contributed by atoms with van der Waals surface area (Å²) in [5, 5.41) is 2.69. The maximum atomic E-state index is 11.2. The Morgan fingerprint density at radius 3 is 2.10 bits per heavy atom. The average Bonchev–Trinajstić information content (AvgIpc) is 3.10. The van der Waals surface area contributed by atoms with Gasteiger partial charge in [-0.3, -0.25) is 14.4 Å². The smallest absolute Gasteiger partial charge is 0.306 e. The van der Waals surface area contributed by atoms with Crippen LogP contribution in [-0.2, 0) is 23.9 Å². The maximum absolute atomic E-state index is 11.2. The number of ketones is 1. The minimum absolute atomic E-state index is 0.0463. The lowest BCUT2D eigenvalue weighted by Crippen LogP contribution is -2.38. The minimum Gasteiger partial charge on any atom is -0.452 e. The number of Topliss-reactive ketones (excluding diaryl/α,β-unsaturated/α-hetero) is 1. The molecule has 0 spiro atoms. The molecule has 20 heavy (non-hydrogen) atoms. The number of hydrogen-bond donors (Lipinski definition) is 1. The van der Waals surface area contributed by atoms with Crippen molar-refractivity contribution in [2.45, 2.75) is 58.8 Å². The summed E-state index contributed by atoms with van der Waals surface area (Å²) in [5.41, 5.74) is 0. The average molecular weight is 285 g/mol. The zero-order valence-corrected chi connectivity index (χ0v) is 12.5. The van der Waals surface area contributed by atoms with Gasteiger partial charge in [-0.1, -0.05) is 13.8 Å². The van der Waals surface area contributed by atoms with E-state index in [1.807, 2.05) is 27.7 Å². The van der Waals surface area contributed by atoms with Gasteiger partial charge in [-0.15, -0.1) is 0 Å². The summed E-state index contributed by atoms with van der Waals surface area (Å²) in [4.78, 5) is 32.6. The van der Waals surface area contributed by atoms with Crippen molar-refractivity contribution in [3.63, 3.8) is 0 Å². The van der Waals surface area contributed by atoms with Crippen molar-refractivity contribution >= 4 is 17.7 Å². The van der Waals surface area contributed by atoms with Gasteiger partial charge in [0.2, 0.25) is 0 Å². The number of epoxide rings is 1. The van der Waals surface area contributed by atoms with E-state index in [4.69, 9.17) is 9.47 Å². The fourth-order valence-corrected chi connectivity index (χ4v) is 1.67. The van der Waals surface area contributed by atoms with Crippen LogP contribution in [0.4, 0.5) is 0 Å². The van der Waals surface area contributed by atoms with Crippen molar-refractivity contribution in [2.24, 2.45) is 5.92 Å². The monoisotopic (exact) mass is 285 g/mol. The highest BCUT2D eigenvalue weighted by Gasteiger charge is 2.32. The molecule has 0 bridgehead atoms. The number of cyclic esters (lactones) is 1. The SMILES string of the molecule is CC(C)C(=O)C1CO1.CC(C)NC(=O)C1CCC(=O)O1. The normalized spacial score (nSPS) is 24.0. The van der Waals surface area contributed by atoms with E-state index in [9.17, 15) is 14.4 Å². The van der Waals surface area contributed by atoms with Crippen LogP contribution in [0.15, 0.2) is 0 Å². The van der Waals surface area contributed by atoms with Gasteiger partial charge < -0.3 is 14.8 Å². The summed E-state index contributed by atoms with van der Waals surface area (Å²) in [5.74, 6) is -0.0812. The van der Waals surface area contributed by atoms with Crippen LogP contribution in [0.2, 0.25) is 0 Å². The van der Waals surface area contributed by atoms with Crippen molar-refractivity contribution in [3.8, 4) is 0 Å². The summed E-state index contributed by atoms with van der Waals surface area (Å²) in [6, 6.07) is 0.0943. The summed E-state index contributed by atoms with van der Waals surface area (Å²) < 4.78 is 9.56. The molecule has 1 amide bonds. The number of carbonyl (C=O) groups is 3. The highest BCUT2D eigenvalue weighted by Crippen LogP contribution is 2.14. The molecule has 2 atom stereocenters. The van der Waals surface area contributed by atoms with E-state index >= 15 is 0 Å². The lowest BCUT2D eigenvalue weighted by atomic mass is 10.1. The van der Waals surface area contributed by atoms with Gasteiger partial charge in [0.1, 0.15) is 6.10 Å². The molecule has 0 aromatic heterocycles. The van der Waals surface area contributed by atoms with Gasteiger partial charge in [-0.25, -0.2) is 0 Å². The fourth-order valence-electron chi connectivity index (χ4n) is 1.67. The minimum atomic E-state index is -0.556. The molecule has 0 aromatic carbocycles. The summed E-state index contributed by atoms with van der Waals surface area (Å²) >= 11 is 0. The van der Waals surface area contributed by atoms with Crippen LogP contribution in [-0.4, -0.2) is 42.5 Å². The molecule has 0 radical (unpaired) electrons. The summed E-state index contributed by atoms with van der Waals surface area (Å²) in [6.45, 7) is 8.17. The van der Waals surface area contributed by atoms with Crippen molar-refractivity contribution in [2.75, 3.05) is 6.61 Å². The Morgan fingerprint density at radius 2 is 1.80 bits per heavy atom. The molecule has 2 aliphatic heterocycles. The van der Waals surface area contributed by atoms with Crippen molar-refractivity contribution in [1.29, 1.82) is 0 Å². The van der Waals surface area contributed by atoms with Crippen LogP contribution in [0.25, 0.3) is 0 Å². The van der Waals surface area contributed by atoms with Gasteiger partial charge in [-0.05, 0) is 13.8 Å². The van der Waals surface area contributed by atoms with Gasteiger partial charge in [0, 0.05) is 24.8 Å². The molecule has 2 fully saturated rings. The van der Waals surface area contributed by atoms with E-state index in [0.29, 0.717) is 19.4 Å². The third-order valence-corrected chi connectivity index (χ3v) is 2.83. The Hall–Kier alpha value is -1.43. The number of hydrogen-bond acceptors (Lipinski definition) is 5. The van der Waals surface area contributed by atoms with Gasteiger partial charge in [-0.2, -0.15) is 0 Å². The van der Waals surface area contributed by atoms with E-state index in [1.54, 1.807) is 0 Å². The lowest BCUT2D eigenvalue weighted by Gasteiger charge is -2.12. The Bertz CT molecular complexity index is 370. The topological polar surface area (TPSA) is 85.0 Å². The fraction of sp³-hybridized carbons (Fsp3) is 0.786. The molecular formula is C14H23NO5. The number of rotatable bonds is 4. The van der Waals surface area contributed by atoms with E-state index in [0.717, 1.165) is 0 Å². The highest BCUT2D eigenvalue weighted by atomic mass is 16.6. The molecule has 2 unspecified atom stereocenters. The molecule has 2 saturated heterocycles. The number of nitrogens with one attached hydrogen (secondary N) is 1. The Labute approximate surface area is 119 Å². The molecule has 1 N–H and O–H groups in total. The second-order valence-electron chi connectivity index (χ2n) is 5.56. The van der Waals surface area contributed by atoms with Crippen molar-refractivity contribution < 1.29 is 23.9 Å². The third kappa shape index (κ3) is 5.69. The van der Waals surface area contributed by atoms with E-state index < -0.39 is 6.10 Å². The predicted octanol–water partition coefficient (Wildman–Crippen LogP) is 0.827. The summed E-state index contributed by atoms with van der Waals surface area (Å²) in [7, 11) is 0. The van der Waals surface area contributed by atoms with Crippen LogP contribution in [0.3, 0.4) is 0 Å². The molecule has 0 aromatic rings.